The van der Waals surface area contributed by atoms with E-state index in [9.17, 15) is 5.11 Å². The summed E-state index contributed by atoms with van der Waals surface area (Å²) < 4.78 is 7.58. The molecule has 2 aliphatic heterocycles. The Bertz CT molecular complexity index is 964. The fourth-order valence-corrected chi connectivity index (χ4v) is 4.10. The largest absolute Gasteiger partial charge is 0.507 e. The second kappa shape index (κ2) is 5.67. The van der Waals surface area contributed by atoms with E-state index >= 15 is 0 Å². The van der Waals surface area contributed by atoms with Crippen LogP contribution in [0.15, 0.2) is 24.4 Å². The summed E-state index contributed by atoms with van der Waals surface area (Å²) in [5.41, 5.74) is 3.46. The van der Waals surface area contributed by atoms with Crippen LogP contribution in [0.4, 0.5) is 5.95 Å². The van der Waals surface area contributed by atoms with Gasteiger partial charge in [0.1, 0.15) is 5.75 Å². The molecule has 2 aromatic heterocycles. The first-order valence-corrected chi connectivity index (χ1v) is 9.01. The van der Waals surface area contributed by atoms with Crippen molar-refractivity contribution in [3.05, 3.63) is 35.5 Å². The van der Waals surface area contributed by atoms with Gasteiger partial charge in [0.2, 0.25) is 5.95 Å². The molecule has 0 unspecified atom stereocenters. The Morgan fingerprint density at radius 1 is 1.12 bits per heavy atom. The van der Waals surface area contributed by atoms with Gasteiger partial charge < -0.3 is 14.7 Å². The van der Waals surface area contributed by atoms with Crippen LogP contribution in [-0.2, 0) is 4.74 Å². The van der Waals surface area contributed by atoms with Gasteiger partial charge in [0, 0.05) is 24.8 Å². The molecule has 2 fully saturated rings. The van der Waals surface area contributed by atoms with Crippen LogP contribution in [0, 0.1) is 13.8 Å². The molecule has 0 radical (unpaired) electrons. The lowest BCUT2D eigenvalue weighted by molar-refractivity contribution is 0.0299. The monoisotopic (exact) mass is 351 g/mol. The maximum Gasteiger partial charge on any atom is 0.254 e. The summed E-state index contributed by atoms with van der Waals surface area (Å²) >= 11 is 0. The third-order valence-corrected chi connectivity index (χ3v) is 5.24. The van der Waals surface area contributed by atoms with Crippen LogP contribution in [-0.4, -0.2) is 50.0 Å². The van der Waals surface area contributed by atoms with Crippen LogP contribution in [0.1, 0.15) is 24.0 Å². The highest BCUT2D eigenvalue weighted by Crippen LogP contribution is 2.33. The topological polar surface area (TPSA) is 75.8 Å². The zero-order chi connectivity index (χ0) is 17.8. The first-order valence-electron chi connectivity index (χ1n) is 9.01. The molecule has 7 heteroatoms. The van der Waals surface area contributed by atoms with Crippen molar-refractivity contribution in [2.24, 2.45) is 0 Å². The number of benzene rings is 1. The van der Waals surface area contributed by atoms with Crippen molar-refractivity contribution in [1.82, 2.24) is 19.6 Å². The lowest BCUT2D eigenvalue weighted by Crippen LogP contribution is -2.43. The number of hydrogen-bond acceptors (Lipinski definition) is 6. The minimum atomic E-state index is 0.240. The Labute approximate surface area is 151 Å². The van der Waals surface area contributed by atoms with E-state index in [4.69, 9.17) is 4.74 Å². The highest BCUT2D eigenvalue weighted by Gasteiger charge is 2.35. The van der Waals surface area contributed by atoms with Gasteiger partial charge in [-0.15, -0.1) is 5.10 Å². The van der Waals surface area contributed by atoms with Crippen molar-refractivity contribution in [1.29, 1.82) is 0 Å². The van der Waals surface area contributed by atoms with E-state index in [-0.39, 0.29) is 18.0 Å². The van der Waals surface area contributed by atoms with Gasteiger partial charge in [-0.2, -0.15) is 4.98 Å². The number of ether oxygens (including phenoxy) is 1. The lowest BCUT2D eigenvalue weighted by Gasteiger charge is -2.30. The van der Waals surface area contributed by atoms with Crippen LogP contribution in [0.3, 0.4) is 0 Å². The molecule has 5 rings (SSSR count). The SMILES string of the molecule is Cc1cc(C)c(-c2ccn3nc(N4C[C@H]5CC[C@@H](C4)O5)nc3n2)c(O)c1. The van der Waals surface area contributed by atoms with Gasteiger partial charge in [-0.25, -0.2) is 9.50 Å². The van der Waals surface area contributed by atoms with E-state index in [0.29, 0.717) is 17.4 Å². The van der Waals surface area contributed by atoms with Gasteiger partial charge in [-0.3, -0.25) is 0 Å². The molecule has 4 heterocycles. The van der Waals surface area contributed by atoms with Crippen LogP contribution < -0.4 is 4.90 Å². The first kappa shape index (κ1) is 15.6. The fraction of sp³-hybridized carbons (Fsp3) is 0.421. The predicted octanol–water partition coefficient (Wildman–Crippen LogP) is 2.48. The number of phenols is 1. The third-order valence-electron chi connectivity index (χ3n) is 5.24. The average Bonchev–Trinajstić information content (AvgIpc) is 3.16. The van der Waals surface area contributed by atoms with Gasteiger partial charge in [-0.05, 0) is 49.9 Å². The Balaban J connectivity index is 1.53. The molecule has 0 amide bonds. The van der Waals surface area contributed by atoms with E-state index in [2.05, 4.69) is 20.0 Å². The number of anilines is 1. The molecular weight excluding hydrogens is 330 g/mol. The molecule has 0 spiro atoms. The molecule has 2 bridgehead atoms. The second-order valence-electron chi connectivity index (χ2n) is 7.31. The van der Waals surface area contributed by atoms with Crippen molar-refractivity contribution >= 4 is 11.7 Å². The second-order valence-corrected chi connectivity index (χ2v) is 7.31. The molecule has 134 valence electrons. The van der Waals surface area contributed by atoms with E-state index < -0.39 is 0 Å². The van der Waals surface area contributed by atoms with Gasteiger partial charge in [0.25, 0.3) is 5.78 Å². The summed E-state index contributed by atoms with van der Waals surface area (Å²) in [5.74, 6) is 1.47. The Kier molecular flexibility index (Phi) is 3.40. The molecular formula is C19H21N5O2. The predicted molar refractivity (Wildman–Crippen MR) is 97.5 cm³/mol. The standard InChI is InChI=1S/C19H21N5O2/c1-11-7-12(2)17(16(25)8-11)15-5-6-24-18(20-15)21-19(22-24)23-9-13-3-4-14(10-23)26-13/h5-8,13-14,25H,3-4,9-10H2,1-2H3/t13-,14+. The zero-order valence-electron chi connectivity index (χ0n) is 14.9. The third kappa shape index (κ3) is 2.50. The zero-order valence-corrected chi connectivity index (χ0v) is 14.9. The van der Waals surface area contributed by atoms with Crippen molar-refractivity contribution in [2.45, 2.75) is 38.9 Å². The number of rotatable bonds is 2. The fourth-order valence-electron chi connectivity index (χ4n) is 4.10. The normalized spacial score (nSPS) is 22.3. The van der Waals surface area contributed by atoms with E-state index in [1.807, 2.05) is 32.2 Å². The van der Waals surface area contributed by atoms with Crippen LogP contribution in [0.5, 0.6) is 5.75 Å². The molecule has 0 saturated carbocycles. The quantitative estimate of drug-likeness (QED) is 0.764. The van der Waals surface area contributed by atoms with E-state index in [1.165, 1.54) is 0 Å². The van der Waals surface area contributed by atoms with E-state index in [1.54, 1.807) is 10.6 Å². The molecule has 2 atom stereocenters. The average molecular weight is 351 g/mol. The van der Waals surface area contributed by atoms with Crippen LogP contribution >= 0.6 is 0 Å². The summed E-state index contributed by atoms with van der Waals surface area (Å²) in [6.07, 6.45) is 4.65. The molecule has 7 nitrogen and oxygen atoms in total. The van der Waals surface area contributed by atoms with Crippen molar-refractivity contribution in [3.63, 3.8) is 0 Å². The van der Waals surface area contributed by atoms with Gasteiger partial charge >= 0.3 is 0 Å². The Hall–Kier alpha value is -2.67. The van der Waals surface area contributed by atoms with Gasteiger partial charge in [0.05, 0.1) is 17.9 Å². The first-order chi connectivity index (χ1) is 12.6. The lowest BCUT2D eigenvalue weighted by atomic mass is 10.0. The molecule has 0 aliphatic carbocycles. The van der Waals surface area contributed by atoms with Crippen molar-refractivity contribution < 1.29 is 9.84 Å². The number of phenolic OH excluding ortho intramolecular Hbond substituents is 1. The number of aromatic nitrogens is 4. The van der Waals surface area contributed by atoms with E-state index in [0.717, 1.165) is 42.6 Å². The number of morpholine rings is 1. The van der Waals surface area contributed by atoms with Crippen molar-refractivity contribution in [2.75, 3.05) is 18.0 Å². The molecule has 1 N–H and O–H groups in total. The van der Waals surface area contributed by atoms with Crippen LogP contribution in [0.25, 0.3) is 17.0 Å². The minimum Gasteiger partial charge on any atom is -0.507 e. The Morgan fingerprint density at radius 3 is 2.62 bits per heavy atom. The van der Waals surface area contributed by atoms with Crippen molar-refractivity contribution in [3.8, 4) is 17.0 Å². The van der Waals surface area contributed by atoms with Gasteiger partial charge in [-0.1, -0.05) is 6.07 Å². The molecule has 3 aromatic rings. The van der Waals surface area contributed by atoms with Crippen LogP contribution in [0.2, 0.25) is 0 Å². The highest BCUT2D eigenvalue weighted by molar-refractivity contribution is 5.72. The number of nitrogens with zero attached hydrogens (tertiary/aromatic N) is 5. The number of aryl methyl sites for hydroxylation is 2. The Morgan fingerprint density at radius 2 is 1.88 bits per heavy atom. The minimum absolute atomic E-state index is 0.240. The highest BCUT2D eigenvalue weighted by atomic mass is 16.5. The molecule has 26 heavy (non-hydrogen) atoms. The summed E-state index contributed by atoms with van der Waals surface area (Å²) in [4.78, 5) is 11.5. The number of aromatic hydroxyl groups is 1. The smallest absolute Gasteiger partial charge is 0.254 e. The maximum atomic E-state index is 10.4. The summed E-state index contributed by atoms with van der Waals surface area (Å²) in [5, 5.41) is 14.9. The molecule has 1 aromatic carbocycles. The molecule has 2 aliphatic rings. The summed E-state index contributed by atoms with van der Waals surface area (Å²) in [6.45, 7) is 5.61. The summed E-state index contributed by atoms with van der Waals surface area (Å²) in [6, 6.07) is 5.67. The maximum absolute atomic E-state index is 10.4. The summed E-state index contributed by atoms with van der Waals surface area (Å²) in [7, 11) is 0. The molecule has 2 saturated heterocycles. The number of hydrogen-bond donors (Lipinski definition) is 1. The van der Waals surface area contributed by atoms with Gasteiger partial charge in [0.15, 0.2) is 0 Å². The number of fused-ring (bicyclic) bond motifs is 3.